The highest BCUT2D eigenvalue weighted by molar-refractivity contribution is 7.98. The number of nitrogens with zero attached hydrogens (tertiary/aromatic N) is 1. The molecule has 1 aromatic heterocycles. The molecule has 4 nitrogen and oxygen atoms in total. The number of benzene rings is 1. The van der Waals surface area contributed by atoms with Gasteiger partial charge in [0, 0.05) is 11.8 Å². The van der Waals surface area contributed by atoms with Gasteiger partial charge in [-0.05, 0) is 25.5 Å². The molecule has 1 unspecified atom stereocenters. The average Bonchev–Trinajstić information content (AvgIpc) is 2.30. The van der Waals surface area contributed by atoms with Crippen LogP contribution in [-0.2, 0) is 5.75 Å². The molecule has 0 bridgehead atoms. The molecule has 0 aliphatic rings. The van der Waals surface area contributed by atoms with Gasteiger partial charge in [-0.1, -0.05) is 12.1 Å². The molecule has 1 aromatic carbocycles. The second-order valence-electron chi connectivity index (χ2n) is 4.48. The number of fused-ring (bicyclic) bond motifs is 1. The third-order valence-corrected chi connectivity index (χ3v) is 3.85. The molecule has 0 aliphatic heterocycles. The Morgan fingerprint density at radius 1 is 1.50 bits per heavy atom. The summed E-state index contributed by atoms with van der Waals surface area (Å²) in [4.78, 5) is 19.3. The molecular formula is C13H17N3OS. The minimum absolute atomic E-state index is 0.0694. The Hall–Kier alpha value is -1.33. The fourth-order valence-corrected chi connectivity index (χ4v) is 2.58. The van der Waals surface area contributed by atoms with Crippen LogP contribution in [-0.4, -0.2) is 21.8 Å². The fraction of sp³-hybridized carbons (Fsp3) is 0.385. The SMILES string of the molecule is Cc1cccc2c(=O)[nH]c(CSCC(C)N)nc12. The molecular weight excluding hydrogens is 246 g/mol. The van der Waals surface area contributed by atoms with E-state index in [9.17, 15) is 4.79 Å². The highest BCUT2D eigenvalue weighted by atomic mass is 32.2. The molecule has 0 saturated carbocycles. The summed E-state index contributed by atoms with van der Waals surface area (Å²) in [7, 11) is 0. The molecule has 1 atom stereocenters. The fourth-order valence-electron chi connectivity index (χ4n) is 1.76. The molecule has 0 fully saturated rings. The first kappa shape index (κ1) is 13.1. The van der Waals surface area contributed by atoms with Gasteiger partial charge in [0.25, 0.3) is 5.56 Å². The number of thioether (sulfide) groups is 1. The van der Waals surface area contributed by atoms with Crippen molar-refractivity contribution in [1.82, 2.24) is 9.97 Å². The smallest absolute Gasteiger partial charge is 0.258 e. The summed E-state index contributed by atoms with van der Waals surface area (Å²) < 4.78 is 0. The van der Waals surface area contributed by atoms with Gasteiger partial charge in [-0.3, -0.25) is 4.79 Å². The quantitative estimate of drug-likeness (QED) is 0.882. The second kappa shape index (κ2) is 5.54. The third kappa shape index (κ3) is 2.91. The van der Waals surface area contributed by atoms with Gasteiger partial charge < -0.3 is 10.7 Å². The van der Waals surface area contributed by atoms with Crippen molar-refractivity contribution in [3.05, 3.63) is 39.9 Å². The van der Waals surface area contributed by atoms with Crippen molar-refractivity contribution < 1.29 is 0 Å². The van der Waals surface area contributed by atoms with E-state index in [0.29, 0.717) is 17.0 Å². The molecule has 96 valence electrons. The third-order valence-electron chi connectivity index (χ3n) is 2.61. The molecule has 2 rings (SSSR count). The van der Waals surface area contributed by atoms with E-state index in [4.69, 9.17) is 5.73 Å². The van der Waals surface area contributed by atoms with Crippen LogP contribution in [0.4, 0.5) is 0 Å². The van der Waals surface area contributed by atoms with Crippen molar-refractivity contribution in [3.63, 3.8) is 0 Å². The van der Waals surface area contributed by atoms with Crippen LogP contribution in [0.5, 0.6) is 0 Å². The van der Waals surface area contributed by atoms with Gasteiger partial charge in [0.15, 0.2) is 0 Å². The summed E-state index contributed by atoms with van der Waals surface area (Å²) in [6.45, 7) is 3.93. The minimum atomic E-state index is -0.0694. The molecule has 0 saturated heterocycles. The Morgan fingerprint density at radius 2 is 2.28 bits per heavy atom. The lowest BCUT2D eigenvalue weighted by Crippen LogP contribution is -2.18. The maximum atomic E-state index is 11.9. The van der Waals surface area contributed by atoms with E-state index in [1.807, 2.05) is 26.0 Å². The van der Waals surface area contributed by atoms with E-state index < -0.39 is 0 Å². The standard InChI is InChI=1S/C13H17N3OS/c1-8-4-3-5-10-12(8)15-11(16-13(10)17)7-18-6-9(2)14/h3-5,9H,6-7,14H2,1-2H3,(H,15,16,17). The Bertz CT molecular complexity index is 607. The topological polar surface area (TPSA) is 71.8 Å². The Morgan fingerprint density at radius 3 is 3.00 bits per heavy atom. The number of hydrogen-bond donors (Lipinski definition) is 2. The predicted octanol–water partition coefficient (Wildman–Crippen LogP) is 1.81. The second-order valence-corrected chi connectivity index (χ2v) is 5.51. The zero-order chi connectivity index (χ0) is 13.1. The maximum absolute atomic E-state index is 11.9. The van der Waals surface area contributed by atoms with Crippen molar-refractivity contribution in [1.29, 1.82) is 0 Å². The Labute approximate surface area is 110 Å². The van der Waals surface area contributed by atoms with E-state index in [0.717, 1.165) is 16.8 Å². The van der Waals surface area contributed by atoms with E-state index in [2.05, 4.69) is 9.97 Å². The van der Waals surface area contributed by atoms with Crippen molar-refractivity contribution in [2.24, 2.45) is 5.73 Å². The lowest BCUT2D eigenvalue weighted by Gasteiger charge is -2.06. The molecule has 5 heteroatoms. The van der Waals surface area contributed by atoms with Crippen LogP contribution in [0.15, 0.2) is 23.0 Å². The number of hydrogen-bond acceptors (Lipinski definition) is 4. The first-order chi connectivity index (χ1) is 8.58. The monoisotopic (exact) mass is 263 g/mol. The lowest BCUT2D eigenvalue weighted by atomic mass is 10.1. The van der Waals surface area contributed by atoms with Gasteiger partial charge in [-0.15, -0.1) is 0 Å². The van der Waals surface area contributed by atoms with Crippen LogP contribution in [0, 0.1) is 6.92 Å². The van der Waals surface area contributed by atoms with Crippen LogP contribution in [0.1, 0.15) is 18.3 Å². The predicted molar refractivity (Wildman–Crippen MR) is 76.9 cm³/mol. The van der Waals surface area contributed by atoms with Crippen LogP contribution in [0.25, 0.3) is 10.9 Å². The lowest BCUT2D eigenvalue weighted by molar-refractivity contribution is 0.846. The van der Waals surface area contributed by atoms with Gasteiger partial charge in [0.2, 0.25) is 0 Å². The molecule has 3 N–H and O–H groups in total. The van der Waals surface area contributed by atoms with Crippen molar-refractivity contribution in [2.75, 3.05) is 5.75 Å². The zero-order valence-corrected chi connectivity index (χ0v) is 11.4. The molecule has 1 heterocycles. The first-order valence-electron chi connectivity index (χ1n) is 5.90. The average molecular weight is 263 g/mol. The minimum Gasteiger partial charge on any atom is -0.327 e. The van der Waals surface area contributed by atoms with Crippen molar-refractivity contribution >= 4 is 22.7 Å². The van der Waals surface area contributed by atoms with Crippen molar-refractivity contribution in [3.8, 4) is 0 Å². The van der Waals surface area contributed by atoms with Crippen LogP contribution < -0.4 is 11.3 Å². The number of aromatic nitrogens is 2. The van der Waals surface area contributed by atoms with E-state index in [1.54, 1.807) is 17.8 Å². The van der Waals surface area contributed by atoms with Gasteiger partial charge >= 0.3 is 0 Å². The largest absolute Gasteiger partial charge is 0.327 e. The van der Waals surface area contributed by atoms with Crippen LogP contribution in [0.3, 0.4) is 0 Å². The summed E-state index contributed by atoms with van der Waals surface area (Å²) >= 11 is 1.68. The number of para-hydroxylation sites is 1. The van der Waals surface area contributed by atoms with Gasteiger partial charge in [-0.2, -0.15) is 11.8 Å². The molecule has 0 aliphatic carbocycles. The highest BCUT2D eigenvalue weighted by Gasteiger charge is 2.06. The Kier molecular flexibility index (Phi) is 4.04. The summed E-state index contributed by atoms with van der Waals surface area (Å²) in [5.74, 6) is 2.25. The summed E-state index contributed by atoms with van der Waals surface area (Å²) in [5, 5.41) is 0.649. The normalized spacial score (nSPS) is 12.8. The summed E-state index contributed by atoms with van der Waals surface area (Å²) in [6.07, 6.45) is 0. The molecule has 18 heavy (non-hydrogen) atoms. The highest BCUT2D eigenvalue weighted by Crippen LogP contribution is 2.14. The van der Waals surface area contributed by atoms with E-state index in [-0.39, 0.29) is 11.6 Å². The number of nitrogens with two attached hydrogens (primary N) is 1. The number of aromatic amines is 1. The van der Waals surface area contributed by atoms with E-state index >= 15 is 0 Å². The Balaban J connectivity index is 2.31. The van der Waals surface area contributed by atoms with Crippen molar-refractivity contribution in [2.45, 2.75) is 25.6 Å². The molecule has 0 amide bonds. The maximum Gasteiger partial charge on any atom is 0.258 e. The molecule has 0 spiro atoms. The zero-order valence-electron chi connectivity index (χ0n) is 10.6. The van der Waals surface area contributed by atoms with Gasteiger partial charge in [0.05, 0.1) is 16.7 Å². The van der Waals surface area contributed by atoms with Gasteiger partial charge in [0.1, 0.15) is 5.82 Å². The first-order valence-corrected chi connectivity index (χ1v) is 7.05. The van der Waals surface area contributed by atoms with Gasteiger partial charge in [-0.25, -0.2) is 4.98 Å². The summed E-state index contributed by atoms with van der Waals surface area (Å²) in [6, 6.07) is 5.80. The van der Waals surface area contributed by atoms with Crippen LogP contribution >= 0.6 is 11.8 Å². The number of nitrogens with one attached hydrogen (secondary N) is 1. The molecule has 2 aromatic rings. The summed E-state index contributed by atoms with van der Waals surface area (Å²) in [5.41, 5.74) is 7.43. The van der Waals surface area contributed by atoms with E-state index in [1.165, 1.54) is 0 Å². The number of H-pyrrole nitrogens is 1. The number of aryl methyl sites for hydroxylation is 1. The number of rotatable bonds is 4. The van der Waals surface area contributed by atoms with Crippen LogP contribution in [0.2, 0.25) is 0 Å². The molecule has 0 radical (unpaired) electrons.